The van der Waals surface area contributed by atoms with Gasteiger partial charge in [0, 0.05) is 6.54 Å². The van der Waals surface area contributed by atoms with Gasteiger partial charge in [0.05, 0.1) is 6.67 Å². The van der Waals surface area contributed by atoms with Gasteiger partial charge < -0.3 is 5.21 Å². The van der Waals surface area contributed by atoms with E-state index in [-0.39, 0.29) is 19.1 Å². The Bertz CT molecular complexity index is 26.9. The summed E-state index contributed by atoms with van der Waals surface area (Å²) in [7, 11) is 0. The summed E-state index contributed by atoms with van der Waals surface area (Å²) < 4.78 is 11.0. The fourth-order valence-electron chi connectivity index (χ4n) is 0.146. The zero-order valence-corrected chi connectivity index (χ0v) is 4.67. The highest BCUT2D eigenvalue weighted by molar-refractivity contribution is 5.85. The van der Waals surface area contributed by atoms with Gasteiger partial charge in [-0.2, -0.15) is 0 Å². The standard InChI is InChI=1S/C3H8FNO.ClH/c4-2-1-3-5-6;/h5-6H,1-3H2;1H. The quantitative estimate of drug-likeness (QED) is 0.435. The van der Waals surface area contributed by atoms with E-state index in [4.69, 9.17) is 5.21 Å². The smallest absolute Gasteiger partial charge is 0.0907 e. The van der Waals surface area contributed by atoms with Crippen LogP contribution in [0.15, 0.2) is 0 Å². The summed E-state index contributed by atoms with van der Waals surface area (Å²) in [5.41, 5.74) is 1.83. The first-order valence-electron chi connectivity index (χ1n) is 1.84. The van der Waals surface area contributed by atoms with Crippen LogP contribution in [-0.4, -0.2) is 18.4 Å². The van der Waals surface area contributed by atoms with Gasteiger partial charge in [0.2, 0.25) is 0 Å². The topological polar surface area (TPSA) is 32.3 Å². The van der Waals surface area contributed by atoms with Crippen LogP contribution in [0.4, 0.5) is 4.39 Å². The first-order chi connectivity index (χ1) is 2.91. The Morgan fingerprint density at radius 2 is 2.14 bits per heavy atom. The third kappa shape index (κ3) is 10.7. The molecule has 0 rings (SSSR count). The molecule has 0 saturated carbocycles. The maximum atomic E-state index is 11.0. The Hall–Kier alpha value is 0.140. The van der Waals surface area contributed by atoms with Crippen LogP contribution < -0.4 is 5.48 Å². The van der Waals surface area contributed by atoms with Gasteiger partial charge in [-0.1, -0.05) is 0 Å². The lowest BCUT2D eigenvalue weighted by Gasteiger charge is -1.86. The van der Waals surface area contributed by atoms with E-state index in [2.05, 4.69) is 0 Å². The van der Waals surface area contributed by atoms with Crippen LogP contribution in [0.25, 0.3) is 0 Å². The number of alkyl halides is 1. The Labute approximate surface area is 48.1 Å². The van der Waals surface area contributed by atoms with Crippen molar-refractivity contribution >= 4 is 12.4 Å². The van der Waals surface area contributed by atoms with Gasteiger partial charge in [-0.15, -0.1) is 12.4 Å². The van der Waals surface area contributed by atoms with Crippen LogP contribution in [0.5, 0.6) is 0 Å². The third-order valence-electron chi connectivity index (χ3n) is 0.422. The van der Waals surface area contributed by atoms with Gasteiger partial charge in [-0.05, 0) is 6.42 Å². The SMILES string of the molecule is Cl.ONCCCF. The molecular weight excluding hydrogens is 120 g/mol. The molecule has 0 aromatic carbocycles. The lowest BCUT2D eigenvalue weighted by molar-refractivity contribution is 0.162. The van der Waals surface area contributed by atoms with Crippen LogP contribution >= 0.6 is 12.4 Å². The molecule has 0 aliphatic carbocycles. The van der Waals surface area contributed by atoms with Crippen molar-refractivity contribution in [3.05, 3.63) is 0 Å². The number of halogens is 2. The maximum Gasteiger partial charge on any atom is 0.0907 e. The van der Waals surface area contributed by atoms with Crippen LogP contribution in [0.3, 0.4) is 0 Å². The molecule has 0 radical (unpaired) electrons. The Morgan fingerprint density at radius 3 is 2.29 bits per heavy atom. The number of rotatable bonds is 3. The molecule has 0 unspecified atom stereocenters. The highest BCUT2D eigenvalue weighted by atomic mass is 35.5. The van der Waals surface area contributed by atoms with Gasteiger partial charge in [0.25, 0.3) is 0 Å². The van der Waals surface area contributed by atoms with E-state index in [1.54, 1.807) is 0 Å². The zero-order chi connectivity index (χ0) is 4.83. The molecule has 0 aromatic heterocycles. The summed E-state index contributed by atoms with van der Waals surface area (Å²) in [6, 6.07) is 0. The van der Waals surface area contributed by atoms with E-state index in [9.17, 15) is 4.39 Å². The largest absolute Gasteiger partial charge is 0.317 e. The summed E-state index contributed by atoms with van der Waals surface area (Å²) in [6.07, 6.45) is 0.385. The number of hydroxylamine groups is 1. The molecule has 0 aliphatic rings. The summed E-state index contributed by atoms with van der Waals surface area (Å²) in [5, 5.41) is 7.78. The average molecular weight is 130 g/mol. The fraction of sp³-hybridized carbons (Fsp3) is 1.00. The molecule has 0 fully saturated rings. The van der Waals surface area contributed by atoms with E-state index in [0.717, 1.165) is 0 Å². The summed E-state index contributed by atoms with van der Waals surface area (Å²) in [6.45, 7) is -0.0237. The lowest BCUT2D eigenvalue weighted by atomic mass is 10.5. The van der Waals surface area contributed by atoms with Crippen LogP contribution in [-0.2, 0) is 0 Å². The van der Waals surface area contributed by atoms with Gasteiger partial charge in [-0.25, -0.2) is 5.48 Å². The molecule has 0 heterocycles. The van der Waals surface area contributed by atoms with Gasteiger partial charge in [0.1, 0.15) is 0 Å². The van der Waals surface area contributed by atoms with E-state index in [0.29, 0.717) is 13.0 Å². The van der Waals surface area contributed by atoms with Crippen molar-refractivity contribution in [2.45, 2.75) is 6.42 Å². The summed E-state index contributed by atoms with van der Waals surface area (Å²) >= 11 is 0. The van der Waals surface area contributed by atoms with Crippen molar-refractivity contribution in [3.63, 3.8) is 0 Å². The monoisotopic (exact) mass is 129 g/mol. The van der Waals surface area contributed by atoms with Crippen molar-refractivity contribution in [1.82, 2.24) is 5.48 Å². The van der Waals surface area contributed by atoms with Crippen LogP contribution in [0.2, 0.25) is 0 Å². The molecule has 46 valence electrons. The van der Waals surface area contributed by atoms with E-state index in [1.165, 1.54) is 0 Å². The highest BCUT2D eigenvalue weighted by Gasteiger charge is 1.77. The van der Waals surface area contributed by atoms with Gasteiger partial charge in [-0.3, -0.25) is 4.39 Å². The van der Waals surface area contributed by atoms with Crippen molar-refractivity contribution in [1.29, 1.82) is 0 Å². The number of nitrogens with one attached hydrogen (secondary N) is 1. The molecule has 0 amide bonds. The van der Waals surface area contributed by atoms with Crippen molar-refractivity contribution in [3.8, 4) is 0 Å². The average Bonchev–Trinajstić information content (AvgIpc) is 1.61. The molecule has 4 heteroatoms. The lowest BCUT2D eigenvalue weighted by Crippen LogP contribution is -2.08. The van der Waals surface area contributed by atoms with E-state index < -0.39 is 0 Å². The van der Waals surface area contributed by atoms with Crippen molar-refractivity contribution < 1.29 is 9.60 Å². The fourth-order valence-corrected chi connectivity index (χ4v) is 0.146. The van der Waals surface area contributed by atoms with Crippen LogP contribution in [0.1, 0.15) is 6.42 Å². The number of hydrogen-bond donors (Lipinski definition) is 2. The highest BCUT2D eigenvalue weighted by Crippen LogP contribution is 1.72. The molecule has 0 aliphatic heterocycles. The first-order valence-corrected chi connectivity index (χ1v) is 1.84. The molecule has 7 heavy (non-hydrogen) atoms. The molecule has 0 atom stereocenters. The molecule has 0 aromatic rings. The predicted molar refractivity (Wildman–Crippen MR) is 27.6 cm³/mol. The zero-order valence-electron chi connectivity index (χ0n) is 3.85. The maximum absolute atomic E-state index is 11.0. The molecule has 2 nitrogen and oxygen atoms in total. The summed E-state index contributed by atoms with van der Waals surface area (Å²) in [4.78, 5) is 0. The van der Waals surface area contributed by atoms with Gasteiger partial charge in [0.15, 0.2) is 0 Å². The Kier molecular flexibility index (Phi) is 13.8. The van der Waals surface area contributed by atoms with Crippen LogP contribution in [0, 0.1) is 0 Å². The van der Waals surface area contributed by atoms with E-state index in [1.807, 2.05) is 5.48 Å². The Morgan fingerprint density at radius 1 is 1.57 bits per heavy atom. The minimum absolute atomic E-state index is 0. The third-order valence-corrected chi connectivity index (χ3v) is 0.422. The molecular formula is C3H9ClFNO. The molecule has 0 spiro atoms. The molecule has 0 saturated heterocycles. The second kappa shape index (κ2) is 9.46. The van der Waals surface area contributed by atoms with Gasteiger partial charge >= 0.3 is 0 Å². The second-order valence-electron chi connectivity index (χ2n) is 0.951. The summed E-state index contributed by atoms with van der Waals surface area (Å²) in [5.74, 6) is 0. The minimum atomic E-state index is -0.367. The first kappa shape index (κ1) is 10.2. The predicted octanol–water partition coefficient (Wildman–Crippen LogP) is 0.747. The van der Waals surface area contributed by atoms with E-state index >= 15 is 0 Å². The molecule has 0 bridgehead atoms. The number of hydrogen-bond acceptors (Lipinski definition) is 2. The minimum Gasteiger partial charge on any atom is -0.317 e. The normalized spacial score (nSPS) is 7.71. The second-order valence-corrected chi connectivity index (χ2v) is 0.951. The molecule has 2 N–H and O–H groups in total. The van der Waals surface area contributed by atoms with Crippen molar-refractivity contribution in [2.24, 2.45) is 0 Å². The van der Waals surface area contributed by atoms with Crippen molar-refractivity contribution in [2.75, 3.05) is 13.2 Å². The Balaban J connectivity index is 0.